The Labute approximate surface area is 226 Å². The van der Waals surface area contributed by atoms with Gasteiger partial charge in [0, 0.05) is 0 Å². The first-order valence-electron chi connectivity index (χ1n) is 13.2. The van der Waals surface area contributed by atoms with Crippen molar-refractivity contribution in [2.45, 2.75) is 32.1 Å². The van der Waals surface area contributed by atoms with Gasteiger partial charge >= 0.3 is 5.97 Å². The molecule has 0 bridgehead atoms. The number of hydrogen-bond donors (Lipinski definition) is 1. The summed E-state index contributed by atoms with van der Waals surface area (Å²) in [6.45, 7) is 1.81. The minimum absolute atomic E-state index is 0.184. The number of rotatable bonds is 8. The van der Waals surface area contributed by atoms with Gasteiger partial charge in [0.05, 0.1) is 35.4 Å². The van der Waals surface area contributed by atoms with Crippen molar-refractivity contribution >= 4 is 35.1 Å². The molecule has 1 saturated carbocycles. The molecule has 8 nitrogen and oxygen atoms in total. The van der Waals surface area contributed by atoms with Gasteiger partial charge in [0.1, 0.15) is 5.75 Å². The zero-order valence-electron chi connectivity index (χ0n) is 21.7. The van der Waals surface area contributed by atoms with Gasteiger partial charge in [-0.25, -0.2) is 4.79 Å². The average Bonchev–Trinajstić information content (AvgIpc) is 3.22. The lowest BCUT2D eigenvalue weighted by Crippen LogP contribution is -2.30. The van der Waals surface area contributed by atoms with Gasteiger partial charge in [0.15, 0.2) is 6.61 Å². The third kappa shape index (κ3) is 5.55. The van der Waals surface area contributed by atoms with Gasteiger partial charge in [0.2, 0.25) is 11.8 Å². The fourth-order valence-electron chi connectivity index (χ4n) is 5.46. The van der Waals surface area contributed by atoms with Crippen LogP contribution in [0.5, 0.6) is 5.75 Å². The molecule has 0 spiro atoms. The standard InChI is InChI=1S/C31H30N2O6/c1-2-38-27-11-7-6-10-26(27)32-28(34)19-39-31(37)21-12-15-23(16-13-21)33-29(35)24-17-14-22(18-25(24)30(33)36)20-8-4-3-5-9-20/h3-13,15-16,22,24-25H,2,14,17-19H2,1H3,(H,32,34)/t22-,24+,25+/m0/s1. The Morgan fingerprint density at radius 1 is 0.872 bits per heavy atom. The Morgan fingerprint density at radius 2 is 1.56 bits per heavy atom. The second-order valence-electron chi connectivity index (χ2n) is 9.75. The van der Waals surface area contributed by atoms with Gasteiger partial charge < -0.3 is 14.8 Å². The Morgan fingerprint density at radius 3 is 2.31 bits per heavy atom. The van der Waals surface area contributed by atoms with Crippen molar-refractivity contribution in [3.05, 3.63) is 90.0 Å². The van der Waals surface area contributed by atoms with Crippen molar-refractivity contribution in [2.24, 2.45) is 11.8 Å². The molecule has 3 atom stereocenters. The number of esters is 1. The normalized spacial score (nSPS) is 20.3. The first kappa shape index (κ1) is 26.2. The fourth-order valence-corrected chi connectivity index (χ4v) is 5.46. The molecule has 0 aromatic heterocycles. The van der Waals surface area contributed by atoms with E-state index in [9.17, 15) is 19.2 Å². The van der Waals surface area contributed by atoms with E-state index in [-0.39, 0.29) is 35.1 Å². The van der Waals surface area contributed by atoms with Crippen LogP contribution < -0.4 is 15.0 Å². The molecular weight excluding hydrogens is 496 g/mol. The maximum atomic E-state index is 13.3. The molecule has 0 unspecified atom stereocenters. The van der Waals surface area contributed by atoms with Crippen LogP contribution in [-0.4, -0.2) is 36.9 Å². The van der Waals surface area contributed by atoms with Gasteiger partial charge in [-0.3, -0.25) is 19.3 Å². The lowest BCUT2D eigenvalue weighted by atomic mass is 9.73. The first-order valence-corrected chi connectivity index (χ1v) is 13.2. The highest BCUT2D eigenvalue weighted by molar-refractivity contribution is 6.22. The third-order valence-electron chi connectivity index (χ3n) is 7.35. The second-order valence-corrected chi connectivity index (χ2v) is 9.75. The number of fused-ring (bicyclic) bond motifs is 1. The molecule has 0 radical (unpaired) electrons. The van der Waals surface area contributed by atoms with Crippen molar-refractivity contribution in [1.29, 1.82) is 0 Å². The van der Waals surface area contributed by atoms with Crippen molar-refractivity contribution in [3.8, 4) is 5.75 Å². The van der Waals surface area contributed by atoms with Gasteiger partial charge in [0.25, 0.3) is 5.91 Å². The van der Waals surface area contributed by atoms with Crippen LogP contribution in [0, 0.1) is 11.8 Å². The quantitative estimate of drug-likeness (QED) is 0.329. The molecule has 5 rings (SSSR count). The number of nitrogens with zero attached hydrogens (tertiary/aromatic N) is 1. The second kappa shape index (κ2) is 11.5. The number of anilines is 2. The molecule has 1 aliphatic carbocycles. The van der Waals surface area contributed by atoms with Gasteiger partial charge in [-0.2, -0.15) is 0 Å². The Bertz CT molecular complexity index is 1370. The molecule has 3 amide bonds. The van der Waals surface area contributed by atoms with Gasteiger partial charge in [-0.15, -0.1) is 0 Å². The smallest absolute Gasteiger partial charge is 0.338 e. The van der Waals surface area contributed by atoms with Crippen LogP contribution in [-0.2, 0) is 19.1 Å². The Kier molecular flexibility index (Phi) is 7.72. The SMILES string of the molecule is CCOc1ccccc1NC(=O)COC(=O)c1ccc(N2C(=O)[C@@H]3CC[C@H](c4ccccc4)C[C@H]3C2=O)cc1. The number of imide groups is 1. The fraction of sp³-hybridized carbons (Fsp3) is 0.290. The Hall–Kier alpha value is -4.46. The van der Waals surface area contributed by atoms with Crippen LogP contribution in [0.3, 0.4) is 0 Å². The molecule has 1 aliphatic heterocycles. The molecule has 3 aromatic rings. The molecule has 1 heterocycles. The summed E-state index contributed by atoms with van der Waals surface area (Å²) < 4.78 is 10.6. The van der Waals surface area contributed by atoms with Crippen LogP contribution in [0.1, 0.15) is 48.0 Å². The lowest BCUT2D eigenvalue weighted by molar-refractivity contribution is -0.122. The summed E-state index contributed by atoms with van der Waals surface area (Å²) in [6, 6.07) is 23.2. The summed E-state index contributed by atoms with van der Waals surface area (Å²) in [6.07, 6.45) is 2.19. The van der Waals surface area contributed by atoms with Gasteiger partial charge in [-0.1, -0.05) is 42.5 Å². The van der Waals surface area contributed by atoms with E-state index in [4.69, 9.17) is 9.47 Å². The molecular formula is C31H30N2O6. The van der Waals surface area contributed by atoms with E-state index in [1.54, 1.807) is 36.4 Å². The first-order chi connectivity index (χ1) is 19.0. The summed E-state index contributed by atoms with van der Waals surface area (Å²) in [5, 5.41) is 2.67. The third-order valence-corrected chi connectivity index (χ3v) is 7.35. The molecule has 39 heavy (non-hydrogen) atoms. The number of hydrogen-bond acceptors (Lipinski definition) is 6. The highest BCUT2D eigenvalue weighted by atomic mass is 16.5. The summed E-state index contributed by atoms with van der Waals surface area (Å²) in [4.78, 5) is 52.6. The van der Waals surface area contributed by atoms with E-state index in [1.165, 1.54) is 22.6 Å². The molecule has 1 N–H and O–H groups in total. The minimum Gasteiger partial charge on any atom is -0.492 e. The van der Waals surface area contributed by atoms with Gasteiger partial charge in [-0.05, 0) is 74.1 Å². The molecule has 1 saturated heterocycles. The van der Waals surface area contributed by atoms with Crippen molar-refractivity contribution in [3.63, 3.8) is 0 Å². The molecule has 200 valence electrons. The van der Waals surface area contributed by atoms with E-state index < -0.39 is 18.5 Å². The predicted molar refractivity (Wildman–Crippen MR) is 145 cm³/mol. The van der Waals surface area contributed by atoms with Crippen molar-refractivity contribution in [2.75, 3.05) is 23.4 Å². The maximum absolute atomic E-state index is 13.3. The maximum Gasteiger partial charge on any atom is 0.338 e. The van der Waals surface area contributed by atoms with Crippen LogP contribution in [0.2, 0.25) is 0 Å². The Balaban J connectivity index is 1.19. The number of benzene rings is 3. The van der Waals surface area contributed by atoms with E-state index in [0.717, 1.165) is 6.42 Å². The summed E-state index contributed by atoms with van der Waals surface area (Å²) in [5.41, 5.74) is 2.32. The zero-order valence-corrected chi connectivity index (χ0v) is 21.7. The number of carbonyl (C=O) groups excluding carboxylic acids is 4. The van der Waals surface area contributed by atoms with E-state index in [1.807, 2.05) is 25.1 Å². The highest BCUT2D eigenvalue weighted by Gasteiger charge is 2.50. The number of nitrogens with one attached hydrogen (secondary N) is 1. The average molecular weight is 527 g/mol. The molecule has 3 aromatic carbocycles. The minimum atomic E-state index is -0.687. The highest BCUT2D eigenvalue weighted by Crippen LogP contribution is 2.45. The van der Waals surface area contributed by atoms with Crippen LogP contribution in [0.15, 0.2) is 78.9 Å². The number of carbonyl (C=O) groups is 4. The lowest BCUT2D eigenvalue weighted by Gasteiger charge is -2.28. The number of ether oxygens (including phenoxy) is 2. The van der Waals surface area contributed by atoms with Crippen molar-refractivity contribution in [1.82, 2.24) is 0 Å². The van der Waals surface area contributed by atoms with Crippen LogP contribution >= 0.6 is 0 Å². The van der Waals surface area contributed by atoms with Crippen molar-refractivity contribution < 1.29 is 28.7 Å². The van der Waals surface area contributed by atoms with E-state index >= 15 is 0 Å². The number of para-hydroxylation sites is 2. The molecule has 8 heteroatoms. The summed E-state index contributed by atoms with van der Waals surface area (Å²) >= 11 is 0. The monoisotopic (exact) mass is 526 g/mol. The van der Waals surface area contributed by atoms with E-state index in [0.29, 0.717) is 36.6 Å². The topological polar surface area (TPSA) is 102 Å². The van der Waals surface area contributed by atoms with Crippen LogP contribution in [0.4, 0.5) is 11.4 Å². The summed E-state index contributed by atoms with van der Waals surface area (Å²) in [7, 11) is 0. The predicted octanol–water partition coefficient (Wildman–Crippen LogP) is 4.95. The largest absolute Gasteiger partial charge is 0.492 e. The molecule has 2 aliphatic rings. The zero-order chi connectivity index (χ0) is 27.4. The summed E-state index contributed by atoms with van der Waals surface area (Å²) in [5.74, 6) is -1.44. The van der Waals surface area contributed by atoms with E-state index in [2.05, 4.69) is 17.4 Å². The molecule has 2 fully saturated rings. The number of amides is 3. The van der Waals surface area contributed by atoms with Crippen LogP contribution in [0.25, 0.3) is 0 Å².